The molecule has 2 aromatic rings. The first-order valence-electron chi connectivity index (χ1n) is 8.42. The summed E-state index contributed by atoms with van der Waals surface area (Å²) in [5, 5.41) is 7.60. The van der Waals surface area contributed by atoms with Crippen LogP contribution in [-0.2, 0) is 16.3 Å². The maximum Gasteiger partial charge on any atom is 0.191 e. The summed E-state index contributed by atoms with van der Waals surface area (Å²) in [4.78, 5) is 4.55. The molecule has 0 fully saturated rings. The molecule has 5 nitrogen and oxygen atoms in total. The van der Waals surface area contributed by atoms with Crippen LogP contribution in [0.15, 0.2) is 52.4 Å². The van der Waals surface area contributed by atoms with Crippen LogP contribution in [0.3, 0.4) is 0 Å². The van der Waals surface area contributed by atoms with Gasteiger partial charge in [-0.1, -0.05) is 41.4 Å². The fourth-order valence-corrected chi connectivity index (χ4v) is 3.43. The summed E-state index contributed by atoms with van der Waals surface area (Å²) in [6.07, 6.45) is 1.94. The van der Waals surface area contributed by atoms with Gasteiger partial charge in [-0.05, 0) is 48.7 Å². The molecule has 2 rings (SSSR count). The molecule has 0 bridgehead atoms. The van der Waals surface area contributed by atoms with Crippen molar-refractivity contribution in [2.75, 3.05) is 19.8 Å². The quantitative estimate of drug-likeness (QED) is 0.313. The Morgan fingerprint density at radius 3 is 2.29 bits per heavy atom. The maximum absolute atomic E-state index is 11.5. The molecule has 0 spiro atoms. The molecule has 0 aliphatic rings. The number of nitrogens with zero attached hydrogens (tertiary/aromatic N) is 1. The number of guanidine groups is 1. The maximum atomic E-state index is 11.5. The molecule has 1 atom stereocenters. The fraction of sp³-hybridized carbons (Fsp3) is 0.316. The Balaban J connectivity index is 0.00000392. The van der Waals surface area contributed by atoms with E-state index >= 15 is 0 Å². The van der Waals surface area contributed by atoms with E-state index in [4.69, 9.17) is 23.2 Å². The molecule has 9 heteroatoms. The topological polar surface area (TPSA) is 70.6 Å². The van der Waals surface area contributed by atoms with E-state index in [-0.39, 0.29) is 30.0 Å². The lowest BCUT2D eigenvalue weighted by atomic mass is 10.1. The van der Waals surface area contributed by atoms with E-state index in [1.54, 1.807) is 25.2 Å². The smallest absolute Gasteiger partial charge is 0.191 e. The highest BCUT2D eigenvalue weighted by atomic mass is 127. The van der Waals surface area contributed by atoms with Crippen molar-refractivity contribution in [2.24, 2.45) is 4.99 Å². The number of aliphatic imine (C=N–C) groups is 1. The summed E-state index contributed by atoms with van der Waals surface area (Å²) >= 11 is 12.0. The lowest BCUT2D eigenvalue weighted by molar-refractivity contribution is 0.602. The lowest BCUT2D eigenvalue weighted by Gasteiger charge is -2.18. The van der Waals surface area contributed by atoms with Gasteiger partial charge in [-0.25, -0.2) is 8.42 Å². The van der Waals surface area contributed by atoms with Crippen LogP contribution in [0.1, 0.15) is 24.1 Å². The second-order valence-corrected chi connectivity index (χ2v) is 9.03. The zero-order valence-electron chi connectivity index (χ0n) is 15.9. The van der Waals surface area contributed by atoms with Crippen LogP contribution in [-0.4, -0.2) is 34.2 Å². The van der Waals surface area contributed by atoms with Gasteiger partial charge in [0.2, 0.25) is 0 Å². The van der Waals surface area contributed by atoms with Crippen molar-refractivity contribution in [3.05, 3.63) is 63.6 Å². The van der Waals surface area contributed by atoms with Crippen molar-refractivity contribution in [2.45, 2.75) is 24.3 Å². The van der Waals surface area contributed by atoms with Gasteiger partial charge in [0.05, 0.1) is 21.0 Å². The third-order valence-electron chi connectivity index (χ3n) is 4.08. The zero-order valence-corrected chi connectivity index (χ0v) is 20.5. The lowest BCUT2D eigenvalue weighted by Crippen LogP contribution is -2.39. The van der Waals surface area contributed by atoms with Gasteiger partial charge in [-0.3, -0.25) is 4.99 Å². The van der Waals surface area contributed by atoms with Crippen molar-refractivity contribution < 1.29 is 8.42 Å². The number of halogens is 3. The van der Waals surface area contributed by atoms with E-state index < -0.39 is 9.84 Å². The van der Waals surface area contributed by atoms with Gasteiger partial charge >= 0.3 is 0 Å². The molecule has 0 saturated heterocycles. The Kier molecular flexibility index (Phi) is 10.0. The van der Waals surface area contributed by atoms with Gasteiger partial charge < -0.3 is 10.6 Å². The van der Waals surface area contributed by atoms with Crippen LogP contribution in [0.5, 0.6) is 0 Å². The molecule has 2 N–H and O–H groups in total. The van der Waals surface area contributed by atoms with Crippen molar-refractivity contribution in [1.82, 2.24) is 10.6 Å². The van der Waals surface area contributed by atoms with Crippen LogP contribution in [0, 0.1) is 0 Å². The molecule has 0 aromatic heterocycles. The van der Waals surface area contributed by atoms with E-state index in [1.165, 1.54) is 6.26 Å². The molecule has 28 heavy (non-hydrogen) atoms. The van der Waals surface area contributed by atoms with Crippen LogP contribution < -0.4 is 10.6 Å². The predicted molar refractivity (Wildman–Crippen MR) is 128 cm³/mol. The SMILES string of the molecule is CN=C(NCCc1ccc(S(C)(=O)=O)cc1)NC(C)c1ccc(Cl)c(Cl)c1.I. The van der Waals surface area contributed by atoms with Crippen LogP contribution >= 0.6 is 47.2 Å². The van der Waals surface area contributed by atoms with Crippen LogP contribution in [0.2, 0.25) is 10.0 Å². The Morgan fingerprint density at radius 2 is 1.75 bits per heavy atom. The first-order chi connectivity index (χ1) is 12.7. The number of benzene rings is 2. The summed E-state index contributed by atoms with van der Waals surface area (Å²) in [6, 6.07) is 12.4. The monoisotopic (exact) mass is 555 g/mol. The molecule has 0 heterocycles. The second-order valence-electron chi connectivity index (χ2n) is 6.20. The minimum absolute atomic E-state index is 0. The number of nitrogens with one attached hydrogen (secondary N) is 2. The van der Waals surface area contributed by atoms with Crippen LogP contribution in [0.4, 0.5) is 0 Å². The van der Waals surface area contributed by atoms with Gasteiger partial charge in [0.1, 0.15) is 0 Å². The van der Waals surface area contributed by atoms with Gasteiger partial charge in [-0.2, -0.15) is 0 Å². The molecular weight excluding hydrogens is 532 g/mol. The van der Waals surface area contributed by atoms with E-state index in [2.05, 4.69) is 15.6 Å². The van der Waals surface area contributed by atoms with E-state index in [1.807, 2.05) is 31.2 Å². The molecule has 1 unspecified atom stereocenters. The molecule has 0 aliphatic carbocycles. The third-order valence-corrected chi connectivity index (χ3v) is 5.95. The van der Waals surface area contributed by atoms with Gasteiger partial charge in [0.25, 0.3) is 0 Å². The van der Waals surface area contributed by atoms with E-state index in [0.29, 0.717) is 27.4 Å². The highest BCUT2D eigenvalue weighted by Crippen LogP contribution is 2.25. The second kappa shape index (κ2) is 11.2. The van der Waals surface area contributed by atoms with Gasteiger partial charge in [-0.15, -0.1) is 24.0 Å². The molecule has 0 saturated carbocycles. The largest absolute Gasteiger partial charge is 0.356 e. The molecule has 0 amide bonds. The molecule has 0 radical (unpaired) electrons. The molecule has 0 aliphatic heterocycles. The summed E-state index contributed by atoms with van der Waals surface area (Å²) in [5.41, 5.74) is 2.05. The first-order valence-corrected chi connectivity index (χ1v) is 11.1. The Bertz CT molecular complexity index is 919. The van der Waals surface area contributed by atoms with E-state index in [9.17, 15) is 8.42 Å². The molecule has 2 aromatic carbocycles. The van der Waals surface area contributed by atoms with Crippen molar-refractivity contribution in [1.29, 1.82) is 0 Å². The summed E-state index contributed by atoms with van der Waals surface area (Å²) < 4.78 is 23.0. The Hall–Kier alpha value is -1.03. The summed E-state index contributed by atoms with van der Waals surface area (Å²) in [7, 11) is -1.46. The zero-order chi connectivity index (χ0) is 20.0. The Labute approximate surface area is 193 Å². The van der Waals surface area contributed by atoms with Crippen LogP contribution in [0.25, 0.3) is 0 Å². The van der Waals surface area contributed by atoms with E-state index in [0.717, 1.165) is 17.5 Å². The van der Waals surface area contributed by atoms with Gasteiger partial charge in [0.15, 0.2) is 15.8 Å². The number of hydrogen-bond acceptors (Lipinski definition) is 3. The average Bonchev–Trinajstić information content (AvgIpc) is 2.62. The number of rotatable bonds is 6. The van der Waals surface area contributed by atoms with Crippen molar-refractivity contribution >= 4 is 63.0 Å². The standard InChI is InChI=1S/C19H23Cl2N3O2S.HI/c1-13(15-6-9-17(20)18(21)12-15)24-19(22-2)23-11-10-14-4-7-16(8-5-14)27(3,25)26;/h4-9,12-13H,10-11H2,1-3H3,(H2,22,23,24);1H. The van der Waals surface area contributed by atoms with Crippen molar-refractivity contribution in [3.63, 3.8) is 0 Å². The molecule has 154 valence electrons. The number of hydrogen-bond donors (Lipinski definition) is 2. The Morgan fingerprint density at radius 1 is 1.11 bits per heavy atom. The first kappa shape index (κ1) is 25.0. The number of sulfone groups is 1. The molecular formula is C19H24Cl2IN3O2S. The minimum Gasteiger partial charge on any atom is -0.356 e. The predicted octanol–water partition coefficient (Wildman–Crippen LogP) is 4.48. The van der Waals surface area contributed by atoms with Gasteiger partial charge in [0, 0.05) is 19.8 Å². The summed E-state index contributed by atoms with van der Waals surface area (Å²) in [5.74, 6) is 0.668. The highest BCUT2D eigenvalue weighted by molar-refractivity contribution is 14.0. The average molecular weight is 556 g/mol. The summed E-state index contributed by atoms with van der Waals surface area (Å²) in [6.45, 7) is 2.67. The van der Waals surface area contributed by atoms with Crippen molar-refractivity contribution in [3.8, 4) is 0 Å². The fourth-order valence-electron chi connectivity index (χ4n) is 2.49. The highest BCUT2D eigenvalue weighted by Gasteiger charge is 2.10. The minimum atomic E-state index is -3.17. The third kappa shape index (κ3) is 7.42. The normalized spacial score (nSPS) is 12.8.